The van der Waals surface area contributed by atoms with E-state index in [-0.39, 0.29) is 18.3 Å². The average Bonchev–Trinajstić information content (AvgIpc) is 3.15. The highest BCUT2D eigenvalue weighted by Gasteiger charge is 2.56. The first-order chi connectivity index (χ1) is 14.0. The summed E-state index contributed by atoms with van der Waals surface area (Å²) in [4.78, 5) is 0. The molecule has 0 bridgehead atoms. The van der Waals surface area contributed by atoms with E-state index in [0.717, 1.165) is 12.2 Å². The zero-order valence-electron chi connectivity index (χ0n) is 19.1. The van der Waals surface area contributed by atoms with Crippen molar-refractivity contribution in [3.05, 3.63) is 0 Å². The molecule has 0 amide bonds. The van der Waals surface area contributed by atoms with Gasteiger partial charge in [-0.3, -0.25) is 0 Å². The first-order valence-corrected chi connectivity index (χ1v) is 13.0. The average molecular weight is 433 g/mol. The highest BCUT2D eigenvalue weighted by Crippen LogP contribution is 2.40. The molecule has 2 rings (SSSR count). The molecule has 0 aliphatic carbocycles. The van der Waals surface area contributed by atoms with E-state index in [2.05, 4.69) is 13.8 Å². The molecule has 5 nitrogen and oxygen atoms in total. The molecule has 5 atom stereocenters. The van der Waals surface area contributed by atoms with Gasteiger partial charge in [-0.15, -0.1) is 0 Å². The molecule has 0 radical (unpaired) electrons. The van der Waals surface area contributed by atoms with Crippen LogP contribution in [0.4, 0.5) is 0 Å². The van der Waals surface area contributed by atoms with Gasteiger partial charge in [0.2, 0.25) is 0 Å². The summed E-state index contributed by atoms with van der Waals surface area (Å²) in [5.74, 6) is 1.09. The van der Waals surface area contributed by atoms with Gasteiger partial charge in [-0.1, -0.05) is 65.2 Å². The van der Waals surface area contributed by atoms with Crippen LogP contribution in [0.15, 0.2) is 0 Å². The predicted molar refractivity (Wildman–Crippen MR) is 119 cm³/mol. The monoisotopic (exact) mass is 432 g/mol. The molecule has 0 aromatic carbocycles. The molecular formula is C23H44O5S. The number of rotatable bonds is 16. The lowest BCUT2D eigenvalue weighted by molar-refractivity contribution is -0.228. The largest absolute Gasteiger partial charge is 0.389 e. The van der Waals surface area contributed by atoms with Crippen LogP contribution >= 0.6 is 11.8 Å². The molecule has 1 N–H and O–H groups in total. The normalized spacial score (nSPS) is 29.3. The van der Waals surface area contributed by atoms with Gasteiger partial charge in [0, 0.05) is 12.4 Å². The van der Waals surface area contributed by atoms with Crippen molar-refractivity contribution in [3.8, 4) is 0 Å². The standard InChI is InChI=1S/C23H44O5S/c1-5-7-9-11-13-15-25-20-19(26-22-21(20)27-23(3,4)28-22)18(24)17-29-16-14-12-10-8-6-2/h18-22,24H,5-17H2,1-4H3/t18-,19-,20+,21-,22-/m1/s1. The summed E-state index contributed by atoms with van der Waals surface area (Å²) in [6.45, 7) is 8.94. The zero-order valence-corrected chi connectivity index (χ0v) is 19.9. The third kappa shape index (κ3) is 8.66. The molecular weight excluding hydrogens is 388 g/mol. The molecule has 29 heavy (non-hydrogen) atoms. The van der Waals surface area contributed by atoms with Crippen LogP contribution < -0.4 is 0 Å². The summed E-state index contributed by atoms with van der Waals surface area (Å²) in [5, 5.41) is 10.8. The van der Waals surface area contributed by atoms with Gasteiger partial charge in [0.25, 0.3) is 0 Å². The van der Waals surface area contributed by atoms with Gasteiger partial charge in [-0.2, -0.15) is 11.8 Å². The van der Waals surface area contributed by atoms with Crippen molar-refractivity contribution >= 4 is 11.8 Å². The topological polar surface area (TPSA) is 57.2 Å². The van der Waals surface area contributed by atoms with Crippen LogP contribution in [0, 0.1) is 0 Å². The number of aliphatic hydroxyl groups is 1. The van der Waals surface area contributed by atoms with E-state index in [1.54, 1.807) is 11.8 Å². The van der Waals surface area contributed by atoms with Crippen LogP contribution in [0.5, 0.6) is 0 Å². The molecule has 2 aliphatic rings. The maximum absolute atomic E-state index is 10.8. The third-order valence-electron chi connectivity index (χ3n) is 5.65. The fourth-order valence-corrected chi connectivity index (χ4v) is 5.04. The molecule has 0 unspecified atom stereocenters. The SMILES string of the molecule is CCCCCCCO[C@@H]1[C@H]2OC(C)(C)O[C@H]2O[C@@H]1[C@H](O)CSCCCCCCC. The first kappa shape index (κ1) is 25.4. The van der Waals surface area contributed by atoms with E-state index in [0.29, 0.717) is 12.4 Å². The van der Waals surface area contributed by atoms with Crippen LogP contribution in [-0.4, -0.2) is 59.7 Å². The summed E-state index contributed by atoms with van der Waals surface area (Å²) >= 11 is 1.81. The number of aliphatic hydroxyl groups excluding tert-OH is 1. The van der Waals surface area contributed by atoms with Gasteiger partial charge in [-0.05, 0) is 32.4 Å². The Morgan fingerprint density at radius 1 is 0.931 bits per heavy atom. The van der Waals surface area contributed by atoms with Crippen molar-refractivity contribution in [1.82, 2.24) is 0 Å². The van der Waals surface area contributed by atoms with Crippen molar-refractivity contribution in [2.75, 3.05) is 18.1 Å². The van der Waals surface area contributed by atoms with E-state index in [4.69, 9.17) is 18.9 Å². The maximum Gasteiger partial charge on any atom is 0.190 e. The van der Waals surface area contributed by atoms with Gasteiger partial charge < -0.3 is 24.1 Å². The second kappa shape index (κ2) is 13.5. The van der Waals surface area contributed by atoms with Gasteiger partial charge in [0.05, 0.1) is 6.10 Å². The minimum atomic E-state index is -0.665. The lowest BCUT2D eigenvalue weighted by Crippen LogP contribution is -2.43. The highest BCUT2D eigenvalue weighted by molar-refractivity contribution is 7.99. The Morgan fingerprint density at radius 3 is 2.28 bits per heavy atom. The molecule has 2 aliphatic heterocycles. The van der Waals surface area contributed by atoms with Crippen molar-refractivity contribution in [3.63, 3.8) is 0 Å². The molecule has 0 aromatic heterocycles. The van der Waals surface area contributed by atoms with E-state index in [9.17, 15) is 5.11 Å². The molecule has 2 heterocycles. The van der Waals surface area contributed by atoms with Crippen molar-refractivity contribution < 1.29 is 24.1 Å². The second-order valence-electron chi connectivity index (χ2n) is 8.88. The third-order valence-corrected chi connectivity index (χ3v) is 6.80. The Balaban J connectivity index is 1.76. The van der Waals surface area contributed by atoms with Gasteiger partial charge in [-0.25, -0.2) is 0 Å². The van der Waals surface area contributed by atoms with Crippen LogP contribution in [0.3, 0.4) is 0 Å². The summed E-state index contributed by atoms with van der Waals surface area (Å²) in [6.07, 6.45) is 10.4. The molecule has 0 saturated carbocycles. The van der Waals surface area contributed by atoms with Crippen LogP contribution in [0.25, 0.3) is 0 Å². The summed E-state index contributed by atoms with van der Waals surface area (Å²) in [6, 6.07) is 0. The molecule has 2 saturated heterocycles. The van der Waals surface area contributed by atoms with Crippen molar-refractivity contribution in [2.24, 2.45) is 0 Å². The number of ether oxygens (including phenoxy) is 4. The fourth-order valence-electron chi connectivity index (χ4n) is 4.04. The minimum Gasteiger partial charge on any atom is -0.389 e. The zero-order chi connectivity index (χ0) is 21.1. The van der Waals surface area contributed by atoms with E-state index in [1.165, 1.54) is 57.8 Å². The van der Waals surface area contributed by atoms with E-state index < -0.39 is 18.2 Å². The van der Waals surface area contributed by atoms with Crippen molar-refractivity contribution in [1.29, 1.82) is 0 Å². The molecule has 2 fully saturated rings. The van der Waals surface area contributed by atoms with Gasteiger partial charge in [0.1, 0.15) is 18.3 Å². The smallest absolute Gasteiger partial charge is 0.190 e. The first-order valence-electron chi connectivity index (χ1n) is 11.9. The number of hydrogen-bond acceptors (Lipinski definition) is 6. The Labute approximate surface area is 182 Å². The van der Waals surface area contributed by atoms with Gasteiger partial charge >= 0.3 is 0 Å². The minimum absolute atomic E-state index is 0.265. The molecule has 172 valence electrons. The Kier molecular flexibility index (Phi) is 11.9. The lowest BCUT2D eigenvalue weighted by Gasteiger charge is -2.28. The lowest BCUT2D eigenvalue weighted by atomic mass is 10.1. The Hall–Kier alpha value is 0.150. The molecule has 0 spiro atoms. The van der Waals surface area contributed by atoms with Crippen LogP contribution in [0.2, 0.25) is 0 Å². The molecule has 6 heteroatoms. The number of unbranched alkanes of at least 4 members (excludes halogenated alkanes) is 8. The van der Waals surface area contributed by atoms with Crippen LogP contribution in [-0.2, 0) is 18.9 Å². The Morgan fingerprint density at radius 2 is 1.59 bits per heavy atom. The second-order valence-corrected chi connectivity index (χ2v) is 10.0. The maximum atomic E-state index is 10.8. The van der Waals surface area contributed by atoms with Gasteiger partial charge in [0.15, 0.2) is 12.1 Å². The summed E-state index contributed by atoms with van der Waals surface area (Å²) in [7, 11) is 0. The van der Waals surface area contributed by atoms with Crippen LogP contribution in [0.1, 0.15) is 91.9 Å². The van der Waals surface area contributed by atoms with E-state index >= 15 is 0 Å². The Bertz CT molecular complexity index is 433. The van der Waals surface area contributed by atoms with Crippen molar-refractivity contribution in [2.45, 2.75) is 128 Å². The summed E-state index contributed by atoms with van der Waals surface area (Å²) in [5.41, 5.74) is 0. The molecule has 0 aromatic rings. The number of thioether (sulfide) groups is 1. The number of fused-ring (bicyclic) bond motifs is 1. The number of hydrogen-bond donors (Lipinski definition) is 1. The predicted octanol–water partition coefficient (Wildman–Crippen LogP) is 5.28. The highest BCUT2D eigenvalue weighted by atomic mass is 32.2. The quantitative estimate of drug-likeness (QED) is 0.335. The van der Waals surface area contributed by atoms with E-state index in [1.807, 2.05) is 13.8 Å². The fraction of sp³-hybridized carbons (Fsp3) is 1.00. The summed E-state index contributed by atoms with van der Waals surface area (Å²) < 4.78 is 24.2.